The van der Waals surface area contributed by atoms with Gasteiger partial charge < -0.3 is 15.2 Å². The number of rotatable bonds is 6. The summed E-state index contributed by atoms with van der Waals surface area (Å²) >= 11 is 0. The van der Waals surface area contributed by atoms with Crippen LogP contribution < -0.4 is 5.32 Å². The van der Waals surface area contributed by atoms with Crippen LogP contribution in [0.2, 0.25) is 0 Å². The van der Waals surface area contributed by atoms with E-state index in [0.717, 1.165) is 16.6 Å². The summed E-state index contributed by atoms with van der Waals surface area (Å²) in [5.74, 6) is -0.223. The summed E-state index contributed by atoms with van der Waals surface area (Å²) < 4.78 is 0. The van der Waals surface area contributed by atoms with Crippen LogP contribution in [0, 0.1) is 6.92 Å². The summed E-state index contributed by atoms with van der Waals surface area (Å²) in [5.41, 5.74) is 3.38. The molecule has 3 aromatic rings. The highest BCUT2D eigenvalue weighted by Crippen LogP contribution is 2.28. The number of hydrogen-bond donors (Lipinski definition) is 2. The number of benzene rings is 2. The molecule has 1 amide bonds. The van der Waals surface area contributed by atoms with E-state index in [1.54, 1.807) is 12.1 Å². The molecule has 3 rings (SSSR count). The quantitative estimate of drug-likeness (QED) is 0.670. The molecule has 2 aromatic carbocycles. The average Bonchev–Trinajstić information content (AvgIpc) is 3.04. The first kappa shape index (κ1) is 16.6. The molecule has 7 nitrogen and oxygen atoms in total. The summed E-state index contributed by atoms with van der Waals surface area (Å²) in [7, 11) is 0. The minimum Gasteiger partial charge on any atom is -0.505 e. The molecule has 1 aromatic heterocycles. The number of phenolic OH excluding ortho intramolecular Hbond substituents is 1. The average molecular weight is 338 g/mol. The fraction of sp³-hybridized carbons (Fsp3) is 0.222. The number of nitrogens with one attached hydrogen (secondary N) is 1. The van der Waals surface area contributed by atoms with E-state index in [9.17, 15) is 14.7 Å². The van der Waals surface area contributed by atoms with Crippen molar-refractivity contribution >= 4 is 23.2 Å². The van der Waals surface area contributed by atoms with Crippen molar-refractivity contribution in [2.24, 2.45) is 0 Å². The van der Waals surface area contributed by atoms with Crippen molar-refractivity contribution in [1.82, 2.24) is 20.3 Å². The van der Waals surface area contributed by atoms with Gasteiger partial charge in [-0.1, -0.05) is 18.2 Å². The lowest BCUT2D eigenvalue weighted by Gasteiger charge is -2.11. The van der Waals surface area contributed by atoms with E-state index in [1.807, 2.05) is 31.2 Å². The molecule has 25 heavy (non-hydrogen) atoms. The van der Waals surface area contributed by atoms with Gasteiger partial charge in [-0.05, 0) is 30.7 Å². The van der Waals surface area contributed by atoms with Crippen LogP contribution in [0.5, 0.6) is 5.75 Å². The van der Waals surface area contributed by atoms with Gasteiger partial charge in [0.25, 0.3) is 0 Å². The van der Waals surface area contributed by atoms with Gasteiger partial charge >= 0.3 is 0 Å². The lowest BCUT2D eigenvalue weighted by molar-refractivity contribution is -0.122. The Labute approximate surface area is 144 Å². The molecule has 0 atom stereocenters. The third-order valence-corrected chi connectivity index (χ3v) is 3.78. The first-order chi connectivity index (χ1) is 12.1. The van der Waals surface area contributed by atoms with Gasteiger partial charge in [0.05, 0.1) is 0 Å². The summed E-state index contributed by atoms with van der Waals surface area (Å²) in [4.78, 5) is 23.4. The Kier molecular flexibility index (Phi) is 4.74. The second kappa shape index (κ2) is 7.12. The minimum absolute atomic E-state index is 0.0154. The molecule has 0 fully saturated rings. The number of fused-ring (bicyclic) bond motifs is 1. The van der Waals surface area contributed by atoms with Crippen LogP contribution in [0.15, 0.2) is 36.4 Å². The van der Waals surface area contributed by atoms with Crippen molar-refractivity contribution in [3.8, 4) is 11.4 Å². The number of aromatic nitrogens is 3. The predicted molar refractivity (Wildman–Crippen MR) is 92.4 cm³/mol. The van der Waals surface area contributed by atoms with E-state index < -0.39 is 0 Å². The highest BCUT2D eigenvalue weighted by molar-refractivity contribution is 5.78. The van der Waals surface area contributed by atoms with Gasteiger partial charge in [0.1, 0.15) is 28.8 Å². The van der Waals surface area contributed by atoms with Crippen molar-refractivity contribution in [3.63, 3.8) is 0 Å². The fourth-order valence-electron chi connectivity index (χ4n) is 2.56. The van der Waals surface area contributed by atoms with Gasteiger partial charge in [-0.15, -0.1) is 15.0 Å². The van der Waals surface area contributed by atoms with E-state index in [0.29, 0.717) is 17.5 Å². The Morgan fingerprint density at radius 2 is 1.92 bits per heavy atom. The number of aromatic hydroxyl groups is 1. The number of aldehydes is 1. The lowest BCUT2D eigenvalue weighted by atomic mass is 10.1. The van der Waals surface area contributed by atoms with E-state index >= 15 is 0 Å². The molecule has 128 valence electrons. The van der Waals surface area contributed by atoms with Gasteiger partial charge in [-0.25, -0.2) is 0 Å². The molecule has 0 spiro atoms. The molecule has 0 aliphatic carbocycles. The van der Waals surface area contributed by atoms with Crippen molar-refractivity contribution in [1.29, 1.82) is 0 Å². The maximum absolute atomic E-state index is 11.7. The van der Waals surface area contributed by atoms with Gasteiger partial charge in [0, 0.05) is 24.9 Å². The molecule has 0 aliphatic heterocycles. The molecule has 0 unspecified atom stereocenters. The van der Waals surface area contributed by atoms with Crippen LogP contribution in [0.4, 0.5) is 0 Å². The summed E-state index contributed by atoms with van der Waals surface area (Å²) in [6.07, 6.45) is 1.02. The molecular formula is C18H18N4O3. The number of nitrogens with zero attached hydrogens (tertiary/aromatic N) is 3. The van der Waals surface area contributed by atoms with Crippen LogP contribution >= 0.6 is 0 Å². The molecule has 0 saturated heterocycles. The number of carbonyl (C=O) groups is 2. The zero-order valence-electron chi connectivity index (χ0n) is 13.8. The molecule has 0 radical (unpaired) electrons. The molecule has 7 heteroatoms. The third-order valence-electron chi connectivity index (χ3n) is 3.78. The number of amides is 1. The highest BCUT2D eigenvalue weighted by Gasteiger charge is 2.14. The molecule has 1 heterocycles. The molecule has 0 aliphatic rings. The van der Waals surface area contributed by atoms with Crippen molar-refractivity contribution in [3.05, 3.63) is 47.5 Å². The summed E-state index contributed by atoms with van der Waals surface area (Å²) in [6.45, 7) is 2.06. The Hall–Kier alpha value is -3.22. The van der Waals surface area contributed by atoms with Crippen LogP contribution in [-0.2, 0) is 16.1 Å². The summed E-state index contributed by atoms with van der Waals surface area (Å²) in [6, 6.07) is 11.0. The highest BCUT2D eigenvalue weighted by atomic mass is 16.3. The Morgan fingerprint density at radius 1 is 1.24 bits per heavy atom. The minimum atomic E-state index is -0.238. The van der Waals surface area contributed by atoms with Gasteiger partial charge in [-0.2, -0.15) is 0 Å². The standard InChI is InChI=1S/C18H18N4O3/c1-12-9-13(11-19-17(24)7-4-8-23)18(25)16(10-12)22-20-14-5-2-3-6-15(14)21-22/h2-3,5-6,8-10,25H,4,7,11H2,1H3,(H,19,24). The van der Waals surface area contributed by atoms with E-state index in [-0.39, 0.29) is 31.0 Å². The second-order valence-corrected chi connectivity index (χ2v) is 5.75. The second-order valence-electron chi connectivity index (χ2n) is 5.75. The molecule has 0 bridgehead atoms. The maximum atomic E-state index is 11.7. The number of carbonyl (C=O) groups excluding carboxylic acids is 2. The number of aryl methyl sites for hydroxylation is 1. The molecule has 0 saturated carbocycles. The van der Waals surface area contributed by atoms with Crippen molar-refractivity contribution in [2.45, 2.75) is 26.3 Å². The van der Waals surface area contributed by atoms with Crippen molar-refractivity contribution < 1.29 is 14.7 Å². The van der Waals surface area contributed by atoms with Crippen LogP contribution in [0.25, 0.3) is 16.7 Å². The Morgan fingerprint density at radius 3 is 2.56 bits per heavy atom. The Balaban J connectivity index is 1.89. The molecule has 2 N–H and O–H groups in total. The van der Waals surface area contributed by atoms with Gasteiger partial charge in [0.15, 0.2) is 0 Å². The third kappa shape index (κ3) is 3.65. The topological polar surface area (TPSA) is 97.1 Å². The smallest absolute Gasteiger partial charge is 0.220 e. The molecular weight excluding hydrogens is 320 g/mol. The Bertz CT molecular complexity index is 900. The van der Waals surface area contributed by atoms with Crippen LogP contribution in [-0.4, -0.2) is 32.3 Å². The predicted octanol–water partition coefficient (Wildman–Crippen LogP) is 2.03. The normalized spacial score (nSPS) is 10.8. The largest absolute Gasteiger partial charge is 0.505 e. The lowest BCUT2D eigenvalue weighted by Crippen LogP contribution is -2.22. The van der Waals surface area contributed by atoms with Crippen molar-refractivity contribution in [2.75, 3.05) is 0 Å². The zero-order chi connectivity index (χ0) is 17.8. The first-order valence-electron chi connectivity index (χ1n) is 7.94. The van der Waals surface area contributed by atoms with Crippen LogP contribution in [0.3, 0.4) is 0 Å². The maximum Gasteiger partial charge on any atom is 0.220 e. The monoisotopic (exact) mass is 338 g/mol. The van der Waals surface area contributed by atoms with E-state index in [2.05, 4.69) is 15.5 Å². The fourth-order valence-corrected chi connectivity index (χ4v) is 2.56. The first-order valence-corrected chi connectivity index (χ1v) is 7.94. The van der Waals surface area contributed by atoms with E-state index in [1.165, 1.54) is 4.80 Å². The number of phenols is 1. The zero-order valence-corrected chi connectivity index (χ0v) is 13.8. The van der Waals surface area contributed by atoms with Crippen LogP contribution in [0.1, 0.15) is 24.0 Å². The van der Waals surface area contributed by atoms with E-state index in [4.69, 9.17) is 0 Å². The van der Waals surface area contributed by atoms with Gasteiger partial charge in [0.2, 0.25) is 5.91 Å². The SMILES string of the molecule is Cc1cc(CNC(=O)CCC=O)c(O)c(-n2nc3ccccc3n2)c1. The summed E-state index contributed by atoms with van der Waals surface area (Å²) in [5, 5.41) is 22.0. The number of hydrogen-bond acceptors (Lipinski definition) is 5. The van der Waals surface area contributed by atoms with Gasteiger partial charge in [-0.3, -0.25) is 4.79 Å².